The van der Waals surface area contributed by atoms with Crippen LogP contribution in [0.1, 0.15) is 10.4 Å². The minimum Gasteiger partial charge on any atom is -0.465 e. The summed E-state index contributed by atoms with van der Waals surface area (Å²) in [6.45, 7) is 0. The number of carbonyl (C=O) groups excluding carboxylic acids is 1. The van der Waals surface area contributed by atoms with Crippen LogP contribution in [0.25, 0.3) is 22.3 Å². The molecule has 0 amide bonds. The Balaban J connectivity index is 2.14. The van der Waals surface area contributed by atoms with Gasteiger partial charge in [-0.05, 0) is 17.2 Å². The number of hydrogen-bond donors (Lipinski definition) is 2. The zero-order chi connectivity index (χ0) is 13.9. The quantitative estimate of drug-likeness (QED) is 0.713. The van der Waals surface area contributed by atoms with Gasteiger partial charge in [0.25, 0.3) is 0 Å². The number of rotatable bonds is 3. The van der Waals surface area contributed by atoms with Crippen molar-refractivity contribution in [3.8, 4) is 22.3 Å². The first-order chi connectivity index (χ1) is 9.79. The van der Waals surface area contributed by atoms with Crippen molar-refractivity contribution in [2.24, 2.45) is 0 Å². The number of H-pyrrole nitrogens is 2. The molecule has 20 heavy (non-hydrogen) atoms. The first kappa shape index (κ1) is 12.2. The number of nitrogens with zero attached hydrogens (tertiary/aromatic N) is 2. The van der Waals surface area contributed by atoms with Crippen molar-refractivity contribution in [2.45, 2.75) is 0 Å². The van der Waals surface area contributed by atoms with E-state index < -0.39 is 0 Å². The van der Waals surface area contributed by atoms with Crippen LogP contribution in [0.15, 0.2) is 43.0 Å². The summed E-state index contributed by atoms with van der Waals surface area (Å²) in [6, 6.07) is 5.60. The zero-order valence-corrected chi connectivity index (χ0v) is 10.8. The molecule has 0 saturated heterocycles. The molecule has 2 N–H and O–H groups in total. The number of benzene rings is 1. The molecule has 6 heteroatoms. The number of carbonyl (C=O) groups is 1. The molecule has 2 aromatic heterocycles. The summed E-state index contributed by atoms with van der Waals surface area (Å²) in [4.78, 5) is 12.0. The van der Waals surface area contributed by atoms with Gasteiger partial charge in [0, 0.05) is 23.5 Å². The van der Waals surface area contributed by atoms with Crippen LogP contribution in [0, 0.1) is 0 Å². The lowest BCUT2D eigenvalue weighted by molar-refractivity contribution is 0.0601. The SMILES string of the molecule is COC(=O)c1cc(-c2cn[nH]c2)ccc1-c1cn[nH]c1. The van der Waals surface area contributed by atoms with E-state index in [0.29, 0.717) is 5.56 Å². The van der Waals surface area contributed by atoms with Gasteiger partial charge in [0.15, 0.2) is 0 Å². The van der Waals surface area contributed by atoms with Gasteiger partial charge in [-0.3, -0.25) is 10.2 Å². The molecule has 3 rings (SSSR count). The first-order valence-corrected chi connectivity index (χ1v) is 6.00. The van der Waals surface area contributed by atoms with E-state index in [1.54, 1.807) is 30.9 Å². The molecule has 0 unspecified atom stereocenters. The fourth-order valence-electron chi connectivity index (χ4n) is 2.06. The summed E-state index contributed by atoms with van der Waals surface area (Å²) in [5.74, 6) is -0.383. The van der Waals surface area contributed by atoms with E-state index in [2.05, 4.69) is 20.4 Å². The van der Waals surface area contributed by atoms with Crippen LogP contribution in [0.5, 0.6) is 0 Å². The maximum Gasteiger partial charge on any atom is 0.338 e. The highest BCUT2D eigenvalue weighted by Crippen LogP contribution is 2.28. The van der Waals surface area contributed by atoms with Crippen molar-refractivity contribution in [3.63, 3.8) is 0 Å². The van der Waals surface area contributed by atoms with E-state index in [-0.39, 0.29) is 5.97 Å². The third-order valence-electron chi connectivity index (χ3n) is 3.07. The maximum atomic E-state index is 12.0. The molecule has 0 aliphatic carbocycles. The molecule has 0 fully saturated rings. The Labute approximate surface area is 114 Å². The number of ether oxygens (including phenoxy) is 1. The van der Waals surface area contributed by atoms with Crippen LogP contribution < -0.4 is 0 Å². The fourth-order valence-corrected chi connectivity index (χ4v) is 2.06. The largest absolute Gasteiger partial charge is 0.465 e. The second-order valence-corrected chi connectivity index (χ2v) is 4.23. The lowest BCUT2D eigenvalue weighted by Gasteiger charge is -2.08. The predicted molar refractivity (Wildman–Crippen MR) is 72.9 cm³/mol. The van der Waals surface area contributed by atoms with E-state index >= 15 is 0 Å². The number of esters is 1. The number of aromatic nitrogens is 4. The van der Waals surface area contributed by atoms with E-state index in [4.69, 9.17) is 4.74 Å². The Morgan fingerprint density at radius 3 is 2.35 bits per heavy atom. The Hall–Kier alpha value is -2.89. The van der Waals surface area contributed by atoms with Crippen molar-refractivity contribution < 1.29 is 9.53 Å². The second kappa shape index (κ2) is 5.00. The lowest BCUT2D eigenvalue weighted by atomic mass is 9.98. The van der Waals surface area contributed by atoms with Crippen molar-refractivity contribution in [1.82, 2.24) is 20.4 Å². The lowest BCUT2D eigenvalue weighted by Crippen LogP contribution is -2.03. The highest BCUT2D eigenvalue weighted by Gasteiger charge is 2.15. The Morgan fingerprint density at radius 2 is 1.75 bits per heavy atom. The summed E-state index contributed by atoms with van der Waals surface area (Å²) in [5, 5.41) is 13.3. The molecule has 0 atom stereocenters. The number of methoxy groups -OCH3 is 1. The topological polar surface area (TPSA) is 83.7 Å². The van der Waals surface area contributed by atoms with Crippen molar-refractivity contribution in [3.05, 3.63) is 48.5 Å². The summed E-state index contributed by atoms with van der Waals surface area (Å²) < 4.78 is 4.85. The molecule has 0 radical (unpaired) electrons. The molecular weight excluding hydrogens is 256 g/mol. The average Bonchev–Trinajstić information content (AvgIpc) is 3.18. The molecule has 0 aliphatic heterocycles. The maximum absolute atomic E-state index is 12.0. The zero-order valence-electron chi connectivity index (χ0n) is 10.8. The van der Waals surface area contributed by atoms with Crippen LogP contribution in [-0.2, 0) is 4.74 Å². The van der Waals surface area contributed by atoms with Gasteiger partial charge in [-0.1, -0.05) is 12.1 Å². The molecule has 1 aromatic carbocycles. The van der Waals surface area contributed by atoms with Crippen LogP contribution in [0.4, 0.5) is 0 Å². The number of hydrogen-bond acceptors (Lipinski definition) is 4. The molecule has 2 heterocycles. The van der Waals surface area contributed by atoms with E-state index in [1.165, 1.54) is 7.11 Å². The Morgan fingerprint density at radius 1 is 1.05 bits per heavy atom. The standard InChI is InChI=1S/C14H12N4O2/c1-20-14(19)13-4-9(10-5-15-16-6-10)2-3-12(13)11-7-17-18-8-11/h2-8H,1H3,(H,15,16)(H,17,18). The molecule has 0 aliphatic rings. The minimum absolute atomic E-state index is 0.383. The van der Waals surface area contributed by atoms with E-state index in [1.807, 2.05) is 12.1 Å². The average molecular weight is 268 g/mol. The summed E-state index contributed by atoms with van der Waals surface area (Å²) >= 11 is 0. The number of aromatic amines is 2. The minimum atomic E-state index is -0.383. The first-order valence-electron chi connectivity index (χ1n) is 6.00. The van der Waals surface area contributed by atoms with Gasteiger partial charge >= 0.3 is 5.97 Å². The molecule has 100 valence electrons. The molecule has 3 aromatic rings. The van der Waals surface area contributed by atoms with Gasteiger partial charge in [0.1, 0.15) is 0 Å². The predicted octanol–water partition coefficient (Wildman–Crippen LogP) is 2.25. The van der Waals surface area contributed by atoms with Crippen LogP contribution in [0.3, 0.4) is 0 Å². The third kappa shape index (κ3) is 2.07. The highest BCUT2D eigenvalue weighted by molar-refractivity contribution is 5.98. The van der Waals surface area contributed by atoms with E-state index in [0.717, 1.165) is 22.3 Å². The summed E-state index contributed by atoms with van der Waals surface area (Å²) in [5.41, 5.74) is 3.91. The molecule has 0 spiro atoms. The van der Waals surface area contributed by atoms with Crippen molar-refractivity contribution >= 4 is 5.97 Å². The van der Waals surface area contributed by atoms with Crippen molar-refractivity contribution in [1.29, 1.82) is 0 Å². The number of nitrogens with one attached hydrogen (secondary N) is 2. The van der Waals surface area contributed by atoms with Crippen LogP contribution in [-0.4, -0.2) is 33.5 Å². The van der Waals surface area contributed by atoms with Gasteiger partial charge in [-0.25, -0.2) is 4.79 Å². The van der Waals surface area contributed by atoms with E-state index in [9.17, 15) is 4.79 Å². The second-order valence-electron chi connectivity index (χ2n) is 4.23. The fraction of sp³-hybridized carbons (Fsp3) is 0.0714. The molecule has 0 bridgehead atoms. The van der Waals surface area contributed by atoms with Gasteiger partial charge in [-0.2, -0.15) is 10.2 Å². The Kier molecular flexibility index (Phi) is 3.04. The molecule has 0 saturated carbocycles. The normalized spacial score (nSPS) is 10.4. The Bertz CT molecular complexity index is 718. The third-order valence-corrected chi connectivity index (χ3v) is 3.07. The van der Waals surface area contributed by atoms with Gasteiger partial charge in [0.05, 0.1) is 25.1 Å². The monoisotopic (exact) mass is 268 g/mol. The van der Waals surface area contributed by atoms with Crippen molar-refractivity contribution in [2.75, 3.05) is 7.11 Å². The smallest absolute Gasteiger partial charge is 0.338 e. The van der Waals surface area contributed by atoms with Gasteiger partial charge in [-0.15, -0.1) is 0 Å². The van der Waals surface area contributed by atoms with Gasteiger partial charge < -0.3 is 4.74 Å². The molecule has 6 nitrogen and oxygen atoms in total. The van der Waals surface area contributed by atoms with Crippen LogP contribution in [0.2, 0.25) is 0 Å². The summed E-state index contributed by atoms with van der Waals surface area (Å²) in [7, 11) is 1.37. The highest BCUT2D eigenvalue weighted by atomic mass is 16.5. The molecular formula is C14H12N4O2. The summed E-state index contributed by atoms with van der Waals surface area (Å²) in [6.07, 6.45) is 6.88. The van der Waals surface area contributed by atoms with Gasteiger partial charge in [0.2, 0.25) is 0 Å². The van der Waals surface area contributed by atoms with Crippen LogP contribution >= 0.6 is 0 Å².